The van der Waals surface area contributed by atoms with Gasteiger partial charge in [-0.05, 0) is 53.4 Å². The molecular weight excluding hydrogens is 341 g/mol. The van der Waals surface area contributed by atoms with Gasteiger partial charge in [-0.25, -0.2) is 4.39 Å². The van der Waals surface area contributed by atoms with E-state index in [2.05, 4.69) is 29.2 Å². The summed E-state index contributed by atoms with van der Waals surface area (Å²) in [6.45, 7) is 0.711. The first-order chi connectivity index (χ1) is 13.1. The Morgan fingerprint density at radius 1 is 1.00 bits per heavy atom. The molecule has 138 valence electrons. The number of carbonyl (C=O) groups is 1. The number of nitrogens with zero attached hydrogens (tertiary/aromatic N) is 1. The van der Waals surface area contributed by atoms with Crippen molar-refractivity contribution in [3.8, 4) is 0 Å². The third-order valence-corrected chi connectivity index (χ3v) is 5.46. The van der Waals surface area contributed by atoms with Crippen LogP contribution in [0, 0.1) is 5.82 Å². The lowest BCUT2D eigenvalue weighted by Crippen LogP contribution is -2.46. The number of carboxylic acids is 1. The van der Waals surface area contributed by atoms with E-state index in [1.54, 1.807) is 12.1 Å². The van der Waals surface area contributed by atoms with Gasteiger partial charge in [-0.2, -0.15) is 0 Å². The molecule has 0 aromatic heterocycles. The van der Waals surface area contributed by atoms with Crippen molar-refractivity contribution in [3.63, 3.8) is 0 Å². The van der Waals surface area contributed by atoms with Crippen molar-refractivity contribution in [2.75, 3.05) is 6.54 Å². The summed E-state index contributed by atoms with van der Waals surface area (Å²) < 4.78 is 13.5. The average molecular weight is 363 g/mol. The number of benzene rings is 3. The van der Waals surface area contributed by atoms with Gasteiger partial charge >= 0.3 is 5.97 Å². The fraction of sp³-hybridized carbons (Fsp3) is 0.261. The molecule has 1 N–H and O–H groups in total. The Bertz CT molecular complexity index is 949. The zero-order valence-corrected chi connectivity index (χ0v) is 15.0. The molecule has 4 heteroatoms. The summed E-state index contributed by atoms with van der Waals surface area (Å²) in [5.74, 6) is -1.08. The van der Waals surface area contributed by atoms with Crippen molar-refractivity contribution in [1.29, 1.82) is 0 Å². The molecule has 0 aliphatic carbocycles. The van der Waals surface area contributed by atoms with Crippen LogP contribution >= 0.6 is 0 Å². The van der Waals surface area contributed by atoms with E-state index in [0.29, 0.717) is 13.0 Å². The quantitative estimate of drug-likeness (QED) is 0.708. The summed E-state index contributed by atoms with van der Waals surface area (Å²) in [6.07, 6.45) is 2.52. The Morgan fingerprint density at radius 2 is 1.74 bits per heavy atom. The second kappa shape index (κ2) is 7.49. The second-order valence-corrected chi connectivity index (χ2v) is 7.11. The molecule has 2 unspecified atom stereocenters. The maximum Gasteiger partial charge on any atom is 0.320 e. The van der Waals surface area contributed by atoms with Crippen molar-refractivity contribution in [2.24, 2.45) is 0 Å². The van der Waals surface area contributed by atoms with Crippen molar-refractivity contribution in [3.05, 3.63) is 83.7 Å². The Morgan fingerprint density at radius 3 is 2.52 bits per heavy atom. The monoisotopic (exact) mass is 363 g/mol. The smallest absolute Gasteiger partial charge is 0.320 e. The normalized spacial score (nSPS) is 19.1. The minimum absolute atomic E-state index is 0.224. The molecule has 0 bridgehead atoms. The minimum Gasteiger partial charge on any atom is -0.480 e. The van der Waals surface area contributed by atoms with Gasteiger partial charge in [-0.15, -0.1) is 0 Å². The zero-order valence-electron chi connectivity index (χ0n) is 15.0. The predicted octanol–water partition coefficient (Wildman–Crippen LogP) is 5.01. The number of carboxylic acid groups (broad SMARTS) is 1. The lowest BCUT2D eigenvalue weighted by atomic mass is 9.89. The molecule has 0 spiro atoms. The molecular formula is C23H22FNO2. The number of likely N-dealkylation sites (tertiary alicyclic amines) is 1. The number of halogens is 1. The second-order valence-electron chi connectivity index (χ2n) is 7.11. The van der Waals surface area contributed by atoms with Gasteiger partial charge in [0.2, 0.25) is 0 Å². The predicted molar refractivity (Wildman–Crippen MR) is 104 cm³/mol. The molecule has 1 heterocycles. The van der Waals surface area contributed by atoms with E-state index in [1.165, 1.54) is 12.1 Å². The highest BCUT2D eigenvalue weighted by molar-refractivity contribution is 5.86. The van der Waals surface area contributed by atoms with Crippen LogP contribution in [0.2, 0.25) is 0 Å². The maximum atomic E-state index is 13.5. The Hall–Kier alpha value is -2.72. The van der Waals surface area contributed by atoms with Gasteiger partial charge in [0.15, 0.2) is 0 Å². The highest BCUT2D eigenvalue weighted by atomic mass is 19.1. The Labute approximate surface area is 158 Å². The summed E-state index contributed by atoms with van der Waals surface area (Å²) in [4.78, 5) is 14.0. The minimum atomic E-state index is -0.790. The van der Waals surface area contributed by atoms with E-state index >= 15 is 0 Å². The summed E-state index contributed by atoms with van der Waals surface area (Å²) in [5, 5.41) is 12.0. The van der Waals surface area contributed by atoms with Crippen LogP contribution in [0.3, 0.4) is 0 Å². The van der Waals surface area contributed by atoms with Crippen LogP contribution in [0.1, 0.15) is 36.4 Å². The van der Waals surface area contributed by atoms with Crippen molar-refractivity contribution >= 4 is 16.7 Å². The Balaban J connectivity index is 1.90. The number of hydrogen-bond acceptors (Lipinski definition) is 2. The number of hydrogen-bond donors (Lipinski definition) is 1. The van der Waals surface area contributed by atoms with Gasteiger partial charge in [0, 0.05) is 0 Å². The fourth-order valence-corrected chi connectivity index (χ4v) is 4.21. The first kappa shape index (κ1) is 17.7. The summed E-state index contributed by atoms with van der Waals surface area (Å²) in [5.41, 5.74) is 1.98. The highest BCUT2D eigenvalue weighted by Crippen LogP contribution is 2.37. The maximum absolute atomic E-state index is 13.5. The topological polar surface area (TPSA) is 40.5 Å². The SMILES string of the molecule is O=C(O)C1CCCCN1C(c1ccc(F)cc1)c1cccc2ccccc12. The first-order valence-corrected chi connectivity index (χ1v) is 9.37. The molecule has 27 heavy (non-hydrogen) atoms. The molecule has 1 aliphatic heterocycles. The van der Waals surface area contributed by atoms with Crippen LogP contribution in [0.4, 0.5) is 4.39 Å². The van der Waals surface area contributed by atoms with Gasteiger partial charge < -0.3 is 5.11 Å². The Kier molecular flexibility index (Phi) is 4.90. The molecule has 4 rings (SSSR count). The van der Waals surface area contributed by atoms with Crippen LogP contribution in [0.25, 0.3) is 10.8 Å². The molecule has 3 aromatic carbocycles. The van der Waals surface area contributed by atoms with Crippen molar-refractivity contribution < 1.29 is 14.3 Å². The summed E-state index contributed by atoms with van der Waals surface area (Å²) >= 11 is 0. The summed E-state index contributed by atoms with van der Waals surface area (Å²) in [6, 6.07) is 19.9. The van der Waals surface area contributed by atoms with Gasteiger partial charge in [-0.1, -0.05) is 61.0 Å². The molecule has 3 aromatic rings. The number of piperidine rings is 1. The third-order valence-electron chi connectivity index (χ3n) is 5.46. The van der Waals surface area contributed by atoms with E-state index in [9.17, 15) is 14.3 Å². The lowest BCUT2D eigenvalue weighted by molar-refractivity contribution is -0.145. The molecule has 1 aliphatic rings. The van der Waals surface area contributed by atoms with Crippen LogP contribution in [0.5, 0.6) is 0 Å². The highest BCUT2D eigenvalue weighted by Gasteiger charge is 2.35. The van der Waals surface area contributed by atoms with E-state index in [-0.39, 0.29) is 11.9 Å². The fourth-order valence-electron chi connectivity index (χ4n) is 4.21. The molecule has 3 nitrogen and oxygen atoms in total. The standard InChI is InChI=1S/C23H22FNO2/c24-18-13-11-17(12-14-18)22(25-15-4-3-10-21(25)23(26)27)20-9-5-7-16-6-1-2-8-19(16)20/h1-2,5-9,11-14,21-22H,3-4,10,15H2,(H,26,27). The van der Waals surface area contributed by atoms with E-state index in [1.807, 2.05) is 18.2 Å². The molecule has 0 radical (unpaired) electrons. The number of fused-ring (bicyclic) bond motifs is 1. The van der Waals surface area contributed by atoms with E-state index in [4.69, 9.17) is 0 Å². The molecule has 0 saturated carbocycles. The lowest BCUT2D eigenvalue weighted by Gasteiger charge is -2.40. The van der Waals surface area contributed by atoms with Gasteiger partial charge in [0.1, 0.15) is 11.9 Å². The van der Waals surface area contributed by atoms with Crippen LogP contribution in [-0.4, -0.2) is 28.6 Å². The number of rotatable bonds is 4. The zero-order chi connectivity index (χ0) is 18.8. The van der Waals surface area contributed by atoms with E-state index in [0.717, 1.165) is 34.7 Å². The first-order valence-electron chi connectivity index (χ1n) is 9.37. The average Bonchev–Trinajstić information content (AvgIpc) is 2.70. The van der Waals surface area contributed by atoms with Crippen molar-refractivity contribution in [2.45, 2.75) is 31.3 Å². The van der Waals surface area contributed by atoms with Crippen LogP contribution < -0.4 is 0 Å². The summed E-state index contributed by atoms with van der Waals surface area (Å²) in [7, 11) is 0. The van der Waals surface area contributed by atoms with Gasteiger partial charge in [0.05, 0.1) is 6.04 Å². The number of aliphatic carboxylic acids is 1. The van der Waals surface area contributed by atoms with E-state index < -0.39 is 12.0 Å². The molecule has 1 saturated heterocycles. The van der Waals surface area contributed by atoms with Gasteiger partial charge in [-0.3, -0.25) is 9.69 Å². The van der Waals surface area contributed by atoms with Crippen molar-refractivity contribution in [1.82, 2.24) is 4.90 Å². The van der Waals surface area contributed by atoms with Crippen LogP contribution in [-0.2, 0) is 4.79 Å². The third kappa shape index (κ3) is 3.45. The largest absolute Gasteiger partial charge is 0.480 e. The molecule has 2 atom stereocenters. The van der Waals surface area contributed by atoms with Crippen LogP contribution in [0.15, 0.2) is 66.7 Å². The van der Waals surface area contributed by atoms with Gasteiger partial charge in [0.25, 0.3) is 0 Å². The molecule has 0 amide bonds. The molecule has 1 fully saturated rings.